The van der Waals surface area contributed by atoms with Gasteiger partial charge in [-0.15, -0.1) is 11.3 Å². The highest BCUT2D eigenvalue weighted by Gasteiger charge is 2.24. The van der Waals surface area contributed by atoms with Crippen LogP contribution < -0.4 is 9.64 Å². The fourth-order valence-electron chi connectivity index (χ4n) is 3.07. The number of carbonyl (C=O) groups is 1. The topological polar surface area (TPSA) is 58.6 Å². The van der Waals surface area contributed by atoms with Gasteiger partial charge in [-0.05, 0) is 29.1 Å². The summed E-state index contributed by atoms with van der Waals surface area (Å²) in [5, 5.41) is 2.87. The molecule has 1 aliphatic heterocycles. The van der Waals surface area contributed by atoms with Gasteiger partial charge in [-0.2, -0.15) is 4.37 Å². The molecule has 3 heterocycles. The summed E-state index contributed by atoms with van der Waals surface area (Å²) in [4.78, 5) is 22.1. The first-order valence-electron chi connectivity index (χ1n) is 8.76. The number of hydrogen-bond donors (Lipinski definition) is 0. The van der Waals surface area contributed by atoms with Crippen LogP contribution in [-0.4, -0.2) is 53.5 Å². The van der Waals surface area contributed by atoms with Gasteiger partial charge in [0.2, 0.25) is 5.13 Å². The van der Waals surface area contributed by atoms with Gasteiger partial charge >= 0.3 is 0 Å². The molecule has 0 spiro atoms. The smallest absolute Gasteiger partial charge is 0.264 e. The molecule has 0 radical (unpaired) electrons. The van der Waals surface area contributed by atoms with Crippen LogP contribution in [0.4, 0.5) is 5.13 Å². The van der Waals surface area contributed by atoms with Crippen molar-refractivity contribution in [3.63, 3.8) is 0 Å². The van der Waals surface area contributed by atoms with Crippen molar-refractivity contribution in [2.24, 2.45) is 0 Å². The summed E-state index contributed by atoms with van der Waals surface area (Å²) < 4.78 is 9.78. The molecule has 0 atom stereocenters. The highest BCUT2D eigenvalue weighted by Crippen LogP contribution is 2.22. The van der Waals surface area contributed by atoms with Crippen LogP contribution in [-0.2, 0) is 6.42 Å². The average Bonchev–Trinajstić information content (AvgIpc) is 3.40. The van der Waals surface area contributed by atoms with E-state index in [1.165, 1.54) is 22.9 Å². The first-order valence-corrected chi connectivity index (χ1v) is 10.4. The summed E-state index contributed by atoms with van der Waals surface area (Å²) in [6.45, 7) is 2.98. The van der Waals surface area contributed by atoms with E-state index in [0.717, 1.165) is 40.2 Å². The minimum atomic E-state index is 0.126. The molecule has 0 saturated carbocycles. The lowest BCUT2D eigenvalue weighted by Gasteiger charge is -2.34. The van der Waals surface area contributed by atoms with Crippen LogP contribution in [0.2, 0.25) is 0 Å². The molecule has 1 amide bonds. The fraction of sp³-hybridized carbons (Fsp3) is 0.316. The molecule has 1 aromatic carbocycles. The van der Waals surface area contributed by atoms with Gasteiger partial charge in [-0.25, -0.2) is 4.98 Å². The molecule has 0 aliphatic carbocycles. The first kappa shape index (κ1) is 17.9. The van der Waals surface area contributed by atoms with Crippen molar-refractivity contribution in [1.29, 1.82) is 0 Å². The van der Waals surface area contributed by atoms with Gasteiger partial charge in [-0.1, -0.05) is 18.2 Å². The third-order valence-corrected chi connectivity index (χ3v) is 6.20. The van der Waals surface area contributed by atoms with Crippen molar-refractivity contribution in [1.82, 2.24) is 14.3 Å². The third-order valence-electron chi connectivity index (χ3n) is 4.52. The Bertz CT molecular complexity index is 902. The van der Waals surface area contributed by atoms with E-state index in [1.807, 2.05) is 40.6 Å². The number of amides is 1. The zero-order valence-corrected chi connectivity index (χ0v) is 16.6. The van der Waals surface area contributed by atoms with Crippen molar-refractivity contribution in [2.75, 3.05) is 38.2 Å². The number of carbonyl (C=O) groups excluding carboxylic acids is 1. The molecule has 0 N–H and O–H groups in total. The van der Waals surface area contributed by atoms with E-state index in [4.69, 9.17) is 9.72 Å². The monoisotopic (exact) mass is 400 g/mol. The second kappa shape index (κ2) is 8.06. The van der Waals surface area contributed by atoms with E-state index in [9.17, 15) is 4.79 Å². The summed E-state index contributed by atoms with van der Waals surface area (Å²) in [6.07, 6.45) is 0.685. The SMILES string of the molecule is COc1cccc(Cc2nsc(N3CCN(C(=O)c4cccs4)CC3)n2)c1. The Balaban J connectivity index is 1.36. The van der Waals surface area contributed by atoms with Gasteiger partial charge in [-0.3, -0.25) is 4.79 Å². The molecular formula is C19H20N4O2S2. The lowest BCUT2D eigenvalue weighted by Crippen LogP contribution is -2.48. The highest BCUT2D eigenvalue weighted by atomic mass is 32.1. The maximum atomic E-state index is 12.4. The summed E-state index contributed by atoms with van der Waals surface area (Å²) >= 11 is 2.92. The number of benzene rings is 1. The second-order valence-electron chi connectivity index (χ2n) is 6.28. The molecule has 2 aromatic heterocycles. The van der Waals surface area contributed by atoms with Crippen molar-refractivity contribution >= 4 is 33.9 Å². The van der Waals surface area contributed by atoms with Crippen LogP contribution in [0.25, 0.3) is 0 Å². The summed E-state index contributed by atoms with van der Waals surface area (Å²) in [5.41, 5.74) is 1.13. The van der Waals surface area contributed by atoms with Gasteiger partial charge < -0.3 is 14.5 Å². The van der Waals surface area contributed by atoms with Crippen molar-refractivity contribution in [2.45, 2.75) is 6.42 Å². The number of anilines is 1. The van der Waals surface area contributed by atoms with Gasteiger partial charge in [0.05, 0.1) is 12.0 Å². The fourth-order valence-corrected chi connectivity index (χ4v) is 4.49. The van der Waals surface area contributed by atoms with Gasteiger partial charge in [0.25, 0.3) is 5.91 Å². The summed E-state index contributed by atoms with van der Waals surface area (Å²) in [6, 6.07) is 11.8. The van der Waals surface area contributed by atoms with Crippen LogP contribution in [0.15, 0.2) is 41.8 Å². The lowest BCUT2D eigenvalue weighted by atomic mass is 10.1. The van der Waals surface area contributed by atoms with Gasteiger partial charge in [0.15, 0.2) is 0 Å². The molecule has 0 bridgehead atoms. The minimum absolute atomic E-state index is 0.126. The molecule has 4 rings (SSSR count). The predicted molar refractivity (Wildman–Crippen MR) is 108 cm³/mol. The Hall–Kier alpha value is -2.45. The molecule has 1 fully saturated rings. The summed E-state index contributed by atoms with van der Waals surface area (Å²) in [7, 11) is 1.67. The molecule has 3 aromatic rings. The Morgan fingerprint density at radius 2 is 2.04 bits per heavy atom. The first-order chi connectivity index (χ1) is 13.2. The summed E-state index contributed by atoms with van der Waals surface area (Å²) in [5.74, 6) is 1.79. The number of methoxy groups -OCH3 is 1. The Labute approximate surface area is 166 Å². The van der Waals surface area contributed by atoms with Crippen LogP contribution in [0, 0.1) is 0 Å². The maximum absolute atomic E-state index is 12.4. The number of ether oxygens (including phenoxy) is 1. The molecule has 6 nitrogen and oxygen atoms in total. The van der Waals surface area contributed by atoms with Gasteiger partial charge in [0, 0.05) is 44.1 Å². The third kappa shape index (κ3) is 4.12. The quantitative estimate of drug-likeness (QED) is 0.658. The Morgan fingerprint density at radius 3 is 2.78 bits per heavy atom. The Kier molecular flexibility index (Phi) is 5.35. The lowest BCUT2D eigenvalue weighted by molar-refractivity contribution is 0.0751. The molecule has 0 unspecified atom stereocenters. The average molecular weight is 401 g/mol. The van der Waals surface area contributed by atoms with E-state index in [1.54, 1.807) is 7.11 Å². The number of hydrogen-bond acceptors (Lipinski definition) is 7. The standard InChI is InChI=1S/C19H20N4O2S2/c1-25-15-5-2-4-14(12-15)13-17-20-19(27-21-17)23-9-7-22(8-10-23)18(24)16-6-3-11-26-16/h2-6,11-12H,7-10,13H2,1H3. The second-order valence-corrected chi connectivity index (χ2v) is 7.96. The van der Waals surface area contributed by atoms with Crippen LogP contribution in [0.1, 0.15) is 21.1 Å². The zero-order chi connectivity index (χ0) is 18.6. The highest BCUT2D eigenvalue weighted by molar-refractivity contribution is 7.12. The van der Waals surface area contributed by atoms with Crippen LogP contribution in [0.3, 0.4) is 0 Å². The number of thiophene rings is 1. The van der Waals surface area contributed by atoms with Crippen molar-refractivity contribution in [3.8, 4) is 5.75 Å². The maximum Gasteiger partial charge on any atom is 0.264 e. The van der Waals surface area contributed by atoms with Crippen molar-refractivity contribution < 1.29 is 9.53 Å². The van der Waals surface area contributed by atoms with Gasteiger partial charge in [0.1, 0.15) is 11.6 Å². The number of nitrogens with zero attached hydrogens (tertiary/aromatic N) is 4. The number of piperazine rings is 1. The minimum Gasteiger partial charge on any atom is -0.497 e. The van der Waals surface area contributed by atoms with Crippen LogP contribution in [0.5, 0.6) is 5.75 Å². The number of aromatic nitrogens is 2. The molecule has 8 heteroatoms. The van der Waals surface area contributed by atoms with E-state index in [-0.39, 0.29) is 5.91 Å². The molecule has 27 heavy (non-hydrogen) atoms. The normalized spacial score (nSPS) is 14.4. The van der Waals surface area contributed by atoms with E-state index in [0.29, 0.717) is 19.5 Å². The number of rotatable bonds is 5. The van der Waals surface area contributed by atoms with Crippen LogP contribution >= 0.6 is 22.9 Å². The predicted octanol–water partition coefficient (Wildman–Crippen LogP) is 3.16. The van der Waals surface area contributed by atoms with E-state index in [2.05, 4.69) is 15.3 Å². The molecule has 1 aliphatic rings. The largest absolute Gasteiger partial charge is 0.497 e. The Morgan fingerprint density at radius 1 is 1.19 bits per heavy atom. The molecular weight excluding hydrogens is 380 g/mol. The zero-order valence-electron chi connectivity index (χ0n) is 15.0. The van der Waals surface area contributed by atoms with E-state index < -0.39 is 0 Å². The molecule has 140 valence electrons. The van der Waals surface area contributed by atoms with E-state index >= 15 is 0 Å². The van der Waals surface area contributed by atoms with Crippen molar-refractivity contribution in [3.05, 3.63) is 58.0 Å². The molecule has 1 saturated heterocycles.